The Bertz CT molecular complexity index is 713. The van der Waals surface area contributed by atoms with Gasteiger partial charge in [-0.3, -0.25) is 4.79 Å². The minimum atomic E-state index is -0.225. The Balaban J connectivity index is 2.10. The van der Waals surface area contributed by atoms with Crippen LogP contribution in [-0.2, 0) is 11.2 Å². The van der Waals surface area contributed by atoms with Crippen molar-refractivity contribution in [3.05, 3.63) is 53.3 Å². The van der Waals surface area contributed by atoms with E-state index in [1.54, 1.807) is 13.0 Å². The maximum absolute atomic E-state index is 14.7. The van der Waals surface area contributed by atoms with Crippen LogP contribution in [0.2, 0.25) is 0 Å². The highest BCUT2D eigenvalue weighted by atomic mass is 19.1. The molecule has 114 valence electrons. The summed E-state index contributed by atoms with van der Waals surface area (Å²) in [5.74, 6) is 0.377. The lowest BCUT2D eigenvalue weighted by molar-refractivity contribution is -0.119. The molecule has 22 heavy (non-hydrogen) atoms. The van der Waals surface area contributed by atoms with Gasteiger partial charge in [-0.15, -0.1) is 0 Å². The highest BCUT2D eigenvalue weighted by Crippen LogP contribution is 2.38. The second kappa shape index (κ2) is 5.79. The molecule has 1 heterocycles. The molecule has 3 rings (SSSR count). The Morgan fingerprint density at radius 1 is 1.32 bits per heavy atom. The van der Waals surface area contributed by atoms with Crippen LogP contribution < -0.4 is 10.1 Å². The van der Waals surface area contributed by atoms with E-state index in [2.05, 4.69) is 5.32 Å². The second-order valence-corrected chi connectivity index (χ2v) is 5.64. The van der Waals surface area contributed by atoms with Crippen molar-refractivity contribution in [1.82, 2.24) is 5.32 Å². The third kappa shape index (κ3) is 2.69. The summed E-state index contributed by atoms with van der Waals surface area (Å²) in [5.41, 5.74) is 2.78. The van der Waals surface area contributed by atoms with Gasteiger partial charge in [0.1, 0.15) is 18.2 Å². The zero-order valence-electron chi connectivity index (χ0n) is 12.7. The molecular formula is C18H18FNO2. The Morgan fingerprint density at radius 3 is 2.73 bits per heavy atom. The lowest BCUT2D eigenvalue weighted by Crippen LogP contribution is -2.42. The van der Waals surface area contributed by atoms with E-state index < -0.39 is 0 Å². The van der Waals surface area contributed by atoms with Gasteiger partial charge in [0.25, 0.3) is 0 Å². The van der Waals surface area contributed by atoms with Crippen molar-refractivity contribution in [2.75, 3.05) is 6.61 Å². The van der Waals surface area contributed by atoms with Crippen molar-refractivity contribution in [1.29, 1.82) is 0 Å². The summed E-state index contributed by atoms with van der Waals surface area (Å²) in [6, 6.07) is 11.1. The summed E-state index contributed by atoms with van der Waals surface area (Å²) in [6.45, 7) is 3.63. The number of nitrogens with one attached hydrogen (secondary N) is 1. The largest absolute Gasteiger partial charge is 0.491 e. The van der Waals surface area contributed by atoms with E-state index in [0.717, 1.165) is 11.1 Å². The first-order chi connectivity index (χ1) is 10.6. The van der Waals surface area contributed by atoms with E-state index in [-0.39, 0.29) is 17.8 Å². The molecule has 0 saturated heterocycles. The summed E-state index contributed by atoms with van der Waals surface area (Å²) < 4.78 is 20.5. The average Bonchev–Trinajstić information content (AvgIpc) is 2.49. The lowest BCUT2D eigenvalue weighted by atomic mass is 9.90. The Labute approximate surface area is 129 Å². The highest BCUT2D eigenvalue weighted by molar-refractivity contribution is 5.75. The standard InChI is InChI=1S/C18H18FNO2/c1-11-8-16-15(9-14(10-22-16)20-12(2)21)17(18(11)19)13-6-4-3-5-7-13/h3-8,14H,9-10H2,1-2H3,(H,20,21). The van der Waals surface area contributed by atoms with Crippen LogP contribution in [-0.4, -0.2) is 18.6 Å². The molecule has 0 saturated carbocycles. The van der Waals surface area contributed by atoms with Crippen LogP contribution in [0.1, 0.15) is 18.1 Å². The minimum absolute atomic E-state index is 0.106. The molecule has 0 fully saturated rings. The predicted molar refractivity (Wildman–Crippen MR) is 83.4 cm³/mol. The van der Waals surface area contributed by atoms with Crippen LogP contribution in [0.3, 0.4) is 0 Å². The van der Waals surface area contributed by atoms with E-state index in [9.17, 15) is 9.18 Å². The van der Waals surface area contributed by atoms with Crippen molar-refractivity contribution in [2.45, 2.75) is 26.3 Å². The number of halogens is 1. The molecule has 2 aromatic carbocycles. The van der Waals surface area contributed by atoms with Gasteiger partial charge in [-0.05, 0) is 24.1 Å². The third-order valence-electron chi connectivity index (χ3n) is 3.87. The fourth-order valence-corrected chi connectivity index (χ4v) is 2.91. The van der Waals surface area contributed by atoms with Gasteiger partial charge >= 0.3 is 0 Å². The second-order valence-electron chi connectivity index (χ2n) is 5.64. The SMILES string of the molecule is CC(=O)NC1COc2cc(C)c(F)c(-c3ccccc3)c2C1. The fourth-order valence-electron chi connectivity index (χ4n) is 2.91. The van der Waals surface area contributed by atoms with Crippen LogP contribution in [0, 0.1) is 12.7 Å². The quantitative estimate of drug-likeness (QED) is 0.924. The van der Waals surface area contributed by atoms with Gasteiger partial charge in [-0.25, -0.2) is 4.39 Å². The maximum Gasteiger partial charge on any atom is 0.217 e. The molecule has 1 aliphatic rings. The van der Waals surface area contributed by atoms with Crippen molar-refractivity contribution < 1.29 is 13.9 Å². The smallest absolute Gasteiger partial charge is 0.217 e. The molecule has 2 aromatic rings. The number of amides is 1. The van der Waals surface area contributed by atoms with Gasteiger partial charge < -0.3 is 10.1 Å². The molecule has 1 aliphatic heterocycles. The number of benzene rings is 2. The molecule has 0 spiro atoms. The average molecular weight is 299 g/mol. The number of hydrogen-bond donors (Lipinski definition) is 1. The molecule has 4 heteroatoms. The van der Waals surface area contributed by atoms with Gasteiger partial charge in [-0.1, -0.05) is 30.3 Å². The molecule has 1 amide bonds. The van der Waals surface area contributed by atoms with Crippen molar-refractivity contribution in [3.8, 4) is 16.9 Å². The minimum Gasteiger partial charge on any atom is -0.491 e. The highest BCUT2D eigenvalue weighted by Gasteiger charge is 2.26. The number of rotatable bonds is 2. The van der Waals surface area contributed by atoms with Gasteiger partial charge in [-0.2, -0.15) is 0 Å². The first-order valence-electron chi connectivity index (χ1n) is 7.33. The first-order valence-corrected chi connectivity index (χ1v) is 7.33. The van der Waals surface area contributed by atoms with Gasteiger partial charge in [0.15, 0.2) is 0 Å². The van der Waals surface area contributed by atoms with Crippen molar-refractivity contribution in [2.24, 2.45) is 0 Å². The van der Waals surface area contributed by atoms with E-state index in [0.29, 0.717) is 29.9 Å². The lowest BCUT2D eigenvalue weighted by Gasteiger charge is -2.28. The topological polar surface area (TPSA) is 38.3 Å². The number of carbonyl (C=O) groups excluding carboxylic acids is 1. The summed E-state index contributed by atoms with van der Waals surface area (Å²) in [6.07, 6.45) is 0.566. The number of ether oxygens (including phenoxy) is 1. The van der Waals surface area contributed by atoms with Crippen LogP contribution in [0.4, 0.5) is 4.39 Å². The van der Waals surface area contributed by atoms with E-state index >= 15 is 0 Å². The number of aryl methyl sites for hydroxylation is 1. The summed E-state index contributed by atoms with van der Waals surface area (Å²) in [4.78, 5) is 11.3. The first kappa shape index (κ1) is 14.6. The zero-order chi connectivity index (χ0) is 15.7. The van der Waals surface area contributed by atoms with Crippen LogP contribution in [0.5, 0.6) is 5.75 Å². The summed E-state index contributed by atoms with van der Waals surface area (Å²) >= 11 is 0. The maximum atomic E-state index is 14.7. The van der Waals surface area contributed by atoms with Gasteiger partial charge in [0.05, 0.1) is 6.04 Å². The molecule has 0 aliphatic carbocycles. The third-order valence-corrected chi connectivity index (χ3v) is 3.87. The van der Waals surface area contributed by atoms with Crippen molar-refractivity contribution >= 4 is 5.91 Å². The number of hydrogen-bond acceptors (Lipinski definition) is 2. The van der Waals surface area contributed by atoms with E-state index in [1.165, 1.54) is 6.92 Å². The Hall–Kier alpha value is -2.36. The van der Waals surface area contributed by atoms with Gasteiger partial charge in [0, 0.05) is 24.5 Å². The fraction of sp³-hybridized carbons (Fsp3) is 0.278. The number of fused-ring (bicyclic) bond motifs is 1. The molecule has 0 bridgehead atoms. The monoisotopic (exact) mass is 299 g/mol. The summed E-state index contributed by atoms with van der Waals surface area (Å²) in [5, 5.41) is 2.85. The molecule has 3 nitrogen and oxygen atoms in total. The van der Waals surface area contributed by atoms with Crippen LogP contribution in [0.25, 0.3) is 11.1 Å². The van der Waals surface area contributed by atoms with Gasteiger partial charge in [0.2, 0.25) is 5.91 Å². The Kier molecular flexibility index (Phi) is 3.84. The molecule has 1 atom stereocenters. The number of carbonyl (C=O) groups is 1. The normalized spacial score (nSPS) is 16.6. The van der Waals surface area contributed by atoms with Crippen LogP contribution in [0.15, 0.2) is 36.4 Å². The van der Waals surface area contributed by atoms with Crippen LogP contribution >= 0.6 is 0 Å². The van der Waals surface area contributed by atoms with E-state index in [4.69, 9.17) is 4.74 Å². The summed E-state index contributed by atoms with van der Waals surface area (Å²) in [7, 11) is 0. The molecule has 0 aromatic heterocycles. The Morgan fingerprint density at radius 2 is 2.05 bits per heavy atom. The molecule has 0 radical (unpaired) electrons. The predicted octanol–water partition coefficient (Wildman–Crippen LogP) is 3.24. The molecular weight excluding hydrogens is 281 g/mol. The molecule has 1 unspecified atom stereocenters. The van der Waals surface area contributed by atoms with E-state index in [1.807, 2.05) is 30.3 Å². The van der Waals surface area contributed by atoms with Crippen molar-refractivity contribution in [3.63, 3.8) is 0 Å². The zero-order valence-corrected chi connectivity index (χ0v) is 12.7. The molecule has 1 N–H and O–H groups in total.